The number of nitrogens with zero attached hydrogens (tertiary/aromatic N) is 4. The van der Waals surface area contributed by atoms with Crippen LogP contribution in [0.4, 0.5) is 0 Å². The molecule has 4 rings (SSSR count). The van der Waals surface area contributed by atoms with Gasteiger partial charge in [-0.3, -0.25) is 4.79 Å². The maximum absolute atomic E-state index is 12.7. The molecule has 27 heavy (non-hydrogen) atoms. The molecule has 2 aliphatic rings. The molecule has 144 valence electrons. The molecular formula is C17H24BN5O3S. The lowest BCUT2D eigenvalue weighted by molar-refractivity contribution is 0.313. The molecule has 1 saturated heterocycles. The van der Waals surface area contributed by atoms with Gasteiger partial charge in [-0.25, -0.2) is 22.4 Å². The fraction of sp³-hybridized carbons (Fsp3) is 0.706. The first-order valence-corrected chi connectivity index (χ1v) is 11.1. The Morgan fingerprint density at radius 2 is 1.89 bits per heavy atom. The van der Waals surface area contributed by atoms with Gasteiger partial charge in [0.05, 0.1) is 11.7 Å². The van der Waals surface area contributed by atoms with E-state index in [0.29, 0.717) is 35.5 Å². The maximum Gasteiger partial charge on any atom is 0.278 e. The normalized spacial score (nSPS) is 23.1. The van der Waals surface area contributed by atoms with Crippen molar-refractivity contribution in [3.63, 3.8) is 0 Å². The van der Waals surface area contributed by atoms with Gasteiger partial charge in [0.25, 0.3) is 12.7 Å². The minimum Gasteiger partial charge on any atom is -0.310 e. The van der Waals surface area contributed by atoms with E-state index < -0.39 is 9.87 Å². The summed E-state index contributed by atoms with van der Waals surface area (Å²) in [5, 5.41) is 5.15. The predicted molar refractivity (Wildman–Crippen MR) is 103 cm³/mol. The van der Waals surface area contributed by atoms with E-state index in [-0.39, 0.29) is 24.1 Å². The van der Waals surface area contributed by atoms with Crippen molar-refractivity contribution in [1.29, 1.82) is 0 Å². The molecule has 2 fully saturated rings. The first kappa shape index (κ1) is 18.7. The van der Waals surface area contributed by atoms with E-state index in [1.807, 2.05) is 11.6 Å². The van der Waals surface area contributed by atoms with Crippen LogP contribution in [-0.4, -0.2) is 52.7 Å². The highest BCUT2D eigenvalue weighted by molar-refractivity contribution is 8.10. The number of fused-ring (bicyclic) bond motifs is 1. The Labute approximate surface area is 159 Å². The number of hydrogen-bond acceptors (Lipinski definition) is 5. The summed E-state index contributed by atoms with van der Waals surface area (Å²) in [5.74, 6) is 0.349. The second-order valence-electron chi connectivity index (χ2n) is 7.71. The Hall–Kier alpha value is -1.68. The first-order chi connectivity index (χ1) is 12.8. The quantitative estimate of drug-likeness (QED) is 0.803. The zero-order valence-electron chi connectivity index (χ0n) is 15.5. The van der Waals surface area contributed by atoms with Crippen LogP contribution in [0.2, 0.25) is 0 Å². The van der Waals surface area contributed by atoms with Crippen LogP contribution in [0.15, 0.2) is 4.79 Å². The molecular weight excluding hydrogens is 365 g/mol. The van der Waals surface area contributed by atoms with Crippen LogP contribution < -0.4 is 5.56 Å². The Bertz CT molecular complexity index is 1010. The second kappa shape index (κ2) is 7.05. The van der Waals surface area contributed by atoms with Gasteiger partial charge in [0, 0.05) is 19.0 Å². The van der Waals surface area contributed by atoms with Crippen molar-refractivity contribution in [2.45, 2.75) is 63.8 Å². The zero-order valence-corrected chi connectivity index (χ0v) is 16.3. The summed E-state index contributed by atoms with van der Waals surface area (Å²) in [6.45, 7) is 2.48. The van der Waals surface area contributed by atoms with Gasteiger partial charge in [-0.1, -0.05) is 19.3 Å². The lowest BCUT2D eigenvalue weighted by atomic mass is 9.95. The molecule has 1 saturated carbocycles. The molecule has 1 N–H and O–H groups in total. The fourth-order valence-corrected chi connectivity index (χ4v) is 5.17. The summed E-state index contributed by atoms with van der Waals surface area (Å²) < 4.78 is 26.6. The standard InChI is InChI=1S/C17H24BN5O3S/c1-11-14-16(23(21-11)13-7-3-2-4-8-13)19-15(20-17(14)24)12-6-5-9-22(10-12)27(18,25)26/h12-13H,2-10H2,1H3,(H,19,20,24). The molecule has 10 heteroatoms. The lowest BCUT2D eigenvalue weighted by Crippen LogP contribution is -2.39. The second-order valence-corrected chi connectivity index (χ2v) is 9.26. The lowest BCUT2D eigenvalue weighted by Gasteiger charge is -2.30. The molecule has 2 aromatic rings. The topological polar surface area (TPSA) is 101 Å². The van der Waals surface area contributed by atoms with Crippen molar-refractivity contribution in [3.05, 3.63) is 21.9 Å². The SMILES string of the molecule is [B]S(=O)(=O)N1CCCC(c2nc3c(c(C)nn3C3CCCCC3)c(=O)[nH]2)C1. The summed E-state index contributed by atoms with van der Waals surface area (Å²) in [4.78, 5) is 20.4. The summed E-state index contributed by atoms with van der Waals surface area (Å²) in [7, 11) is 1.54. The summed E-state index contributed by atoms with van der Waals surface area (Å²) in [5.41, 5.74) is 1.10. The number of aromatic amines is 1. The third kappa shape index (κ3) is 3.56. The largest absolute Gasteiger partial charge is 0.310 e. The number of aryl methyl sites for hydroxylation is 1. The third-order valence-corrected chi connectivity index (χ3v) is 6.86. The number of piperidine rings is 1. The van der Waals surface area contributed by atoms with Crippen molar-refractivity contribution < 1.29 is 8.42 Å². The molecule has 0 bridgehead atoms. The van der Waals surface area contributed by atoms with Crippen LogP contribution in [0.1, 0.15) is 68.4 Å². The van der Waals surface area contributed by atoms with E-state index >= 15 is 0 Å². The molecule has 2 aromatic heterocycles. The fourth-order valence-electron chi connectivity index (χ4n) is 4.40. The Balaban J connectivity index is 1.75. The zero-order chi connectivity index (χ0) is 19.2. The average Bonchev–Trinajstić information content (AvgIpc) is 2.99. The number of nitrogens with one attached hydrogen (secondary N) is 1. The molecule has 0 spiro atoms. The molecule has 1 unspecified atom stereocenters. The van der Waals surface area contributed by atoms with E-state index in [2.05, 4.69) is 10.1 Å². The summed E-state index contributed by atoms with van der Waals surface area (Å²) in [6.07, 6.45) is 7.09. The van der Waals surface area contributed by atoms with E-state index in [9.17, 15) is 13.2 Å². The van der Waals surface area contributed by atoms with Gasteiger partial charge < -0.3 is 4.98 Å². The minimum atomic E-state index is -3.74. The highest BCUT2D eigenvalue weighted by Crippen LogP contribution is 2.31. The van der Waals surface area contributed by atoms with Crippen LogP contribution >= 0.6 is 0 Å². The van der Waals surface area contributed by atoms with Crippen LogP contribution in [0.5, 0.6) is 0 Å². The predicted octanol–water partition coefficient (Wildman–Crippen LogP) is 1.53. The van der Waals surface area contributed by atoms with Crippen molar-refractivity contribution in [3.8, 4) is 0 Å². The maximum atomic E-state index is 12.7. The van der Waals surface area contributed by atoms with Crippen LogP contribution in [0.3, 0.4) is 0 Å². The van der Waals surface area contributed by atoms with Gasteiger partial charge in [0.15, 0.2) is 15.5 Å². The summed E-state index contributed by atoms with van der Waals surface area (Å²) >= 11 is 0. The van der Waals surface area contributed by atoms with Crippen molar-refractivity contribution in [2.24, 2.45) is 0 Å². The van der Waals surface area contributed by atoms with Crippen LogP contribution in [0, 0.1) is 6.92 Å². The average molecular weight is 389 g/mol. The third-order valence-electron chi connectivity index (χ3n) is 5.81. The molecule has 0 amide bonds. The molecule has 0 aromatic carbocycles. The molecule has 1 aliphatic heterocycles. The van der Waals surface area contributed by atoms with Crippen LogP contribution in [-0.2, 0) is 9.87 Å². The molecule has 2 radical (unpaired) electrons. The van der Waals surface area contributed by atoms with Gasteiger partial charge >= 0.3 is 0 Å². The van der Waals surface area contributed by atoms with Gasteiger partial charge in [-0.2, -0.15) is 5.10 Å². The Morgan fingerprint density at radius 1 is 1.15 bits per heavy atom. The van der Waals surface area contributed by atoms with Crippen LogP contribution in [0.25, 0.3) is 11.0 Å². The number of H-pyrrole nitrogens is 1. The highest BCUT2D eigenvalue weighted by atomic mass is 32.2. The Kier molecular flexibility index (Phi) is 4.88. The molecule has 1 atom stereocenters. The van der Waals surface area contributed by atoms with E-state index in [4.69, 9.17) is 12.1 Å². The van der Waals surface area contributed by atoms with Gasteiger partial charge in [0.2, 0.25) is 0 Å². The van der Waals surface area contributed by atoms with Crippen molar-refractivity contribution in [1.82, 2.24) is 24.1 Å². The van der Waals surface area contributed by atoms with Gasteiger partial charge in [0.1, 0.15) is 11.2 Å². The monoisotopic (exact) mass is 389 g/mol. The number of rotatable bonds is 3. The van der Waals surface area contributed by atoms with E-state index in [1.165, 1.54) is 10.7 Å². The Morgan fingerprint density at radius 3 is 2.59 bits per heavy atom. The number of aromatic nitrogens is 4. The minimum absolute atomic E-state index is 0.177. The van der Waals surface area contributed by atoms with Gasteiger partial charge in [-0.05, 0) is 32.6 Å². The molecule has 1 aliphatic carbocycles. The van der Waals surface area contributed by atoms with Crippen molar-refractivity contribution >= 4 is 28.0 Å². The molecule has 8 nitrogen and oxygen atoms in total. The highest BCUT2D eigenvalue weighted by Gasteiger charge is 2.29. The van der Waals surface area contributed by atoms with Crippen molar-refractivity contribution in [2.75, 3.05) is 13.1 Å². The smallest absolute Gasteiger partial charge is 0.278 e. The number of hydrogen-bond donors (Lipinski definition) is 1. The first-order valence-electron chi connectivity index (χ1n) is 9.61. The van der Waals surface area contributed by atoms with E-state index in [0.717, 1.165) is 32.1 Å². The van der Waals surface area contributed by atoms with E-state index in [1.54, 1.807) is 0 Å². The summed E-state index contributed by atoms with van der Waals surface area (Å²) in [6, 6.07) is 0.268. The molecule has 3 heterocycles. The van der Waals surface area contributed by atoms with Gasteiger partial charge in [-0.15, -0.1) is 0 Å².